The number of nitrogens with zero attached hydrogens (tertiary/aromatic N) is 1. The van der Waals surface area contributed by atoms with Gasteiger partial charge in [0.25, 0.3) is 0 Å². The number of nitro groups is 1. The zero-order valence-corrected chi connectivity index (χ0v) is 8.33. The van der Waals surface area contributed by atoms with E-state index < -0.39 is 16.4 Å². The van der Waals surface area contributed by atoms with Gasteiger partial charge in [-0.2, -0.15) is 0 Å². The van der Waals surface area contributed by atoms with E-state index in [2.05, 4.69) is 0 Å². The second-order valence-corrected chi connectivity index (χ2v) is 3.75. The Bertz CT molecular complexity index is 420. The lowest BCUT2D eigenvalue weighted by atomic mass is 10.3. The lowest BCUT2D eigenvalue weighted by Gasteiger charge is -2.06. The number of benzene rings is 1. The third-order valence-electron chi connectivity index (χ3n) is 1.99. The van der Waals surface area contributed by atoms with Gasteiger partial charge in [-0.25, -0.2) is 4.39 Å². The first-order chi connectivity index (χ1) is 7.08. The molecule has 0 unspecified atom stereocenters. The summed E-state index contributed by atoms with van der Waals surface area (Å²) in [5.41, 5.74) is -0.424. The van der Waals surface area contributed by atoms with Crippen LogP contribution in [0, 0.1) is 15.9 Å². The van der Waals surface area contributed by atoms with Crippen molar-refractivity contribution in [2.24, 2.45) is 0 Å². The fraction of sp³-hybridized carbons (Fsp3) is 0.333. The minimum atomic E-state index is -0.791. The molecular weight excluding hydrogens is 225 g/mol. The van der Waals surface area contributed by atoms with Gasteiger partial charge in [-0.05, 0) is 18.9 Å². The molecule has 0 N–H and O–H groups in total. The maximum atomic E-state index is 13.3. The molecule has 0 aliphatic heterocycles. The van der Waals surface area contributed by atoms with Crippen molar-refractivity contribution in [2.45, 2.75) is 18.9 Å². The number of ether oxygens (including phenoxy) is 1. The number of hydrogen-bond donors (Lipinski definition) is 0. The van der Waals surface area contributed by atoms with Gasteiger partial charge in [-0.15, -0.1) is 0 Å². The molecule has 0 saturated heterocycles. The van der Waals surface area contributed by atoms with Crippen molar-refractivity contribution in [3.63, 3.8) is 0 Å². The maximum Gasteiger partial charge on any atom is 0.315 e. The van der Waals surface area contributed by atoms with Crippen molar-refractivity contribution >= 4 is 17.3 Å². The quantitative estimate of drug-likeness (QED) is 0.594. The van der Waals surface area contributed by atoms with Gasteiger partial charge in [0.2, 0.25) is 5.75 Å². The van der Waals surface area contributed by atoms with Gasteiger partial charge in [0.05, 0.1) is 16.0 Å². The summed E-state index contributed by atoms with van der Waals surface area (Å²) in [6.45, 7) is 0. The summed E-state index contributed by atoms with van der Waals surface area (Å²) >= 11 is 5.52. The van der Waals surface area contributed by atoms with E-state index in [9.17, 15) is 14.5 Å². The Morgan fingerprint density at radius 2 is 2.20 bits per heavy atom. The van der Waals surface area contributed by atoms with Gasteiger partial charge in [0.15, 0.2) is 5.82 Å². The zero-order valence-electron chi connectivity index (χ0n) is 7.57. The van der Waals surface area contributed by atoms with Gasteiger partial charge < -0.3 is 4.74 Å². The molecule has 4 nitrogen and oxygen atoms in total. The predicted molar refractivity (Wildman–Crippen MR) is 51.7 cm³/mol. The molecule has 0 atom stereocenters. The first-order valence-electron chi connectivity index (χ1n) is 4.38. The van der Waals surface area contributed by atoms with E-state index >= 15 is 0 Å². The number of rotatable bonds is 3. The second-order valence-electron chi connectivity index (χ2n) is 3.31. The molecule has 1 fully saturated rings. The molecule has 1 aliphatic carbocycles. The largest absolute Gasteiger partial charge is 0.481 e. The van der Waals surface area contributed by atoms with Gasteiger partial charge in [-0.3, -0.25) is 10.1 Å². The summed E-state index contributed by atoms with van der Waals surface area (Å²) < 4.78 is 18.5. The van der Waals surface area contributed by atoms with Gasteiger partial charge in [0.1, 0.15) is 0 Å². The highest BCUT2D eigenvalue weighted by Crippen LogP contribution is 2.37. The molecule has 0 aromatic heterocycles. The Labute approximate surface area is 89.8 Å². The summed E-state index contributed by atoms with van der Waals surface area (Å²) in [7, 11) is 0. The average molecular weight is 232 g/mol. The second kappa shape index (κ2) is 3.66. The van der Waals surface area contributed by atoms with Crippen molar-refractivity contribution in [1.82, 2.24) is 0 Å². The van der Waals surface area contributed by atoms with Crippen molar-refractivity contribution in [3.05, 3.63) is 33.1 Å². The standard InChI is InChI=1S/C9H7ClFNO3/c10-5-3-7(11)9(15-6-1-2-6)8(4-5)12(13)14/h3-4,6H,1-2H2. The minimum Gasteiger partial charge on any atom is -0.481 e. The molecule has 1 aromatic carbocycles. The molecule has 0 bridgehead atoms. The summed E-state index contributed by atoms with van der Waals surface area (Å²) in [6, 6.07) is 2.09. The number of nitro benzene ring substituents is 1. The predicted octanol–water partition coefficient (Wildman–Crippen LogP) is 2.93. The van der Waals surface area contributed by atoms with Crippen molar-refractivity contribution in [1.29, 1.82) is 0 Å². The lowest BCUT2D eigenvalue weighted by Crippen LogP contribution is -2.02. The Balaban J connectivity index is 2.42. The average Bonchev–Trinajstić information content (AvgIpc) is 2.92. The molecule has 1 aromatic rings. The first-order valence-corrected chi connectivity index (χ1v) is 4.76. The lowest BCUT2D eigenvalue weighted by molar-refractivity contribution is -0.386. The van der Waals surface area contributed by atoms with Crippen LogP contribution in [0.25, 0.3) is 0 Å². The molecule has 0 spiro atoms. The summed E-state index contributed by atoms with van der Waals surface area (Å²) in [5, 5.41) is 10.6. The molecule has 1 saturated carbocycles. The third kappa shape index (κ3) is 2.18. The fourth-order valence-electron chi connectivity index (χ4n) is 1.15. The third-order valence-corrected chi connectivity index (χ3v) is 2.21. The Morgan fingerprint density at radius 1 is 1.53 bits per heavy atom. The molecule has 0 heterocycles. The van der Waals surface area contributed by atoms with E-state index in [0.717, 1.165) is 25.0 Å². The molecule has 0 amide bonds. The Kier molecular flexibility index (Phi) is 2.48. The van der Waals surface area contributed by atoms with Crippen LogP contribution in [-0.2, 0) is 0 Å². The van der Waals surface area contributed by atoms with Crippen LogP contribution in [0.1, 0.15) is 12.8 Å². The van der Waals surface area contributed by atoms with Crippen LogP contribution >= 0.6 is 11.6 Å². The van der Waals surface area contributed by atoms with Crippen LogP contribution in [0.5, 0.6) is 5.75 Å². The summed E-state index contributed by atoms with van der Waals surface area (Å²) in [6.07, 6.45) is 1.51. The van der Waals surface area contributed by atoms with Crippen molar-refractivity contribution in [3.8, 4) is 5.75 Å². The highest BCUT2D eigenvalue weighted by molar-refractivity contribution is 6.30. The first kappa shape index (κ1) is 10.2. The molecule has 1 aliphatic rings. The molecule has 15 heavy (non-hydrogen) atoms. The zero-order chi connectivity index (χ0) is 11.0. The van der Waals surface area contributed by atoms with E-state index in [1.165, 1.54) is 0 Å². The van der Waals surface area contributed by atoms with Crippen molar-refractivity contribution in [2.75, 3.05) is 0 Å². The van der Waals surface area contributed by atoms with Gasteiger partial charge in [0, 0.05) is 6.07 Å². The molecule has 0 radical (unpaired) electrons. The monoisotopic (exact) mass is 231 g/mol. The van der Waals surface area contributed by atoms with Crippen LogP contribution in [0.3, 0.4) is 0 Å². The van der Waals surface area contributed by atoms with E-state index in [4.69, 9.17) is 16.3 Å². The minimum absolute atomic E-state index is 0.0117. The van der Waals surface area contributed by atoms with E-state index in [-0.39, 0.29) is 16.9 Å². The highest BCUT2D eigenvalue weighted by atomic mass is 35.5. The topological polar surface area (TPSA) is 52.4 Å². The molecule has 80 valence electrons. The van der Waals surface area contributed by atoms with Crippen LogP contribution in [0.4, 0.5) is 10.1 Å². The molecular formula is C9H7ClFNO3. The van der Waals surface area contributed by atoms with Crippen LogP contribution in [-0.4, -0.2) is 11.0 Å². The maximum absolute atomic E-state index is 13.3. The molecule has 6 heteroatoms. The van der Waals surface area contributed by atoms with Gasteiger partial charge >= 0.3 is 5.69 Å². The SMILES string of the molecule is O=[N+]([O-])c1cc(Cl)cc(F)c1OC1CC1. The van der Waals surface area contributed by atoms with E-state index in [0.29, 0.717) is 0 Å². The van der Waals surface area contributed by atoms with E-state index in [1.807, 2.05) is 0 Å². The highest BCUT2D eigenvalue weighted by Gasteiger charge is 2.30. The Hall–Kier alpha value is -1.36. The van der Waals surface area contributed by atoms with E-state index in [1.54, 1.807) is 0 Å². The number of halogens is 2. The van der Waals surface area contributed by atoms with Crippen molar-refractivity contribution < 1.29 is 14.1 Å². The smallest absolute Gasteiger partial charge is 0.315 e. The van der Waals surface area contributed by atoms with Crippen LogP contribution in [0.2, 0.25) is 5.02 Å². The van der Waals surface area contributed by atoms with Gasteiger partial charge in [-0.1, -0.05) is 11.6 Å². The summed E-state index contributed by atoms with van der Waals surface area (Å²) in [5.74, 6) is -1.10. The Morgan fingerprint density at radius 3 is 2.73 bits per heavy atom. The normalized spacial score (nSPS) is 15.1. The van der Waals surface area contributed by atoms with Crippen LogP contribution in [0.15, 0.2) is 12.1 Å². The fourth-order valence-corrected chi connectivity index (χ4v) is 1.35. The molecule has 2 rings (SSSR count). The number of hydrogen-bond acceptors (Lipinski definition) is 3. The van der Waals surface area contributed by atoms with Crippen LogP contribution < -0.4 is 4.74 Å². The summed E-state index contributed by atoms with van der Waals surface area (Å²) in [4.78, 5) is 9.93.